The molecular weight excluding hydrogens is 272 g/mol. The molecule has 0 spiro atoms. The molecule has 21 heavy (non-hydrogen) atoms. The molecule has 0 aliphatic rings. The summed E-state index contributed by atoms with van der Waals surface area (Å²) in [6, 6.07) is 9.99. The molecule has 0 saturated heterocycles. The van der Waals surface area contributed by atoms with Crippen LogP contribution in [0.25, 0.3) is 0 Å². The van der Waals surface area contributed by atoms with Crippen LogP contribution in [-0.4, -0.2) is 22.2 Å². The quantitative estimate of drug-likeness (QED) is 0.842. The molecule has 2 N–H and O–H groups in total. The van der Waals surface area contributed by atoms with Gasteiger partial charge in [0.2, 0.25) is 0 Å². The highest BCUT2D eigenvalue weighted by molar-refractivity contribution is 5.94. The second-order valence-corrected chi connectivity index (χ2v) is 4.09. The van der Waals surface area contributed by atoms with Crippen LogP contribution in [0, 0.1) is 12.3 Å². The average Bonchev–Trinajstić information content (AvgIpc) is 2.47. The molecule has 0 aliphatic heterocycles. The Hall–Kier alpha value is -3.26. The predicted molar refractivity (Wildman–Crippen MR) is 74.8 cm³/mol. The average molecular weight is 282 g/mol. The molecule has 5 nitrogen and oxygen atoms in total. The number of carboxylic acids is 2. The maximum absolute atomic E-state index is 11.1. The summed E-state index contributed by atoms with van der Waals surface area (Å²) in [6.45, 7) is 0. The summed E-state index contributed by atoms with van der Waals surface area (Å²) in [6.07, 6.45) is 5.24. The van der Waals surface area contributed by atoms with Crippen LogP contribution in [0.3, 0.4) is 0 Å². The molecule has 2 aromatic rings. The second-order valence-electron chi connectivity index (χ2n) is 4.09. The number of hydrogen-bond acceptors (Lipinski definition) is 3. The first-order valence-corrected chi connectivity index (χ1v) is 5.86. The van der Waals surface area contributed by atoms with Crippen LogP contribution in [0.5, 0.6) is 11.5 Å². The molecule has 0 aliphatic carbocycles. The number of rotatable bonds is 4. The lowest BCUT2D eigenvalue weighted by atomic mass is 10.1. The Kier molecular flexibility index (Phi) is 3.91. The third kappa shape index (κ3) is 3.19. The minimum absolute atomic E-state index is 0.0455. The Morgan fingerprint density at radius 1 is 1.00 bits per heavy atom. The second kappa shape index (κ2) is 5.80. The van der Waals surface area contributed by atoms with Gasteiger partial charge in [-0.25, -0.2) is 9.59 Å². The van der Waals surface area contributed by atoms with Gasteiger partial charge >= 0.3 is 11.9 Å². The topological polar surface area (TPSA) is 83.8 Å². The molecule has 2 rings (SSSR count). The van der Waals surface area contributed by atoms with Gasteiger partial charge in [0.25, 0.3) is 0 Å². The molecule has 0 radical (unpaired) electrons. The van der Waals surface area contributed by atoms with Crippen LogP contribution in [0.15, 0.2) is 42.5 Å². The number of benzene rings is 2. The first-order chi connectivity index (χ1) is 10.0. The van der Waals surface area contributed by atoms with E-state index in [0.29, 0.717) is 11.3 Å². The van der Waals surface area contributed by atoms with Gasteiger partial charge in [-0.1, -0.05) is 5.92 Å². The monoisotopic (exact) mass is 282 g/mol. The van der Waals surface area contributed by atoms with Crippen molar-refractivity contribution >= 4 is 11.9 Å². The van der Waals surface area contributed by atoms with Crippen molar-refractivity contribution in [1.29, 1.82) is 0 Å². The Labute approximate surface area is 120 Å². The van der Waals surface area contributed by atoms with Crippen LogP contribution in [0.1, 0.15) is 26.3 Å². The number of hydrogen-bond donors (Lipinski definition) is 2. The Bertz CT molecular complexity index is 738. The molecule has 2 aromatic carbocycles. The third-order valence-corrected chi connectivity index (χ3v) is 2.71. The Morgan fingerprint density at radius 3 is 2.19 bits per heavy atom. The largest absolute Gasteiger partial charge is 0.478 e. The zero-order valence-corrected chi connectivity index (χ0v) is 10.7. The van der Waals surface area contributed by atoms with E-state index in [1.54, 1.807) is 24.3 Å². The fourth-order valence-corrected chi connectivity index (χ4v) is 1.66. The van der Waals surface area contributed by atoms with Crippen LogP contribution in [0.4, 0.5) is 0 Å². The highest BCUT2D eigenvalue weighted by atomic mass is 16.5. The van der Waals surface area contributed by atoms with Crippen molar-refractivity contribution in [2.24, 2.45) is 0 Å². The van der Waals surface area contributed by atoms with E-state index in [1.165, 1.54) is 18.2 Å². The molecule has 0 amide bonds. The maximum atomic E-state index is 11.1. The zero-order valence-electron chi connectivity index (χ0n) is 10.7. The van der Waals surface area contributed by atoms with Crippen molar-refractivity contribution in [3.8, 4) is 23.8 Å². The standard InChI is InChI=1S/C16H10O5/c1-2-10-3-6-12(7-4-10)21-14-9-11(15(17)18)5-8-13(14)16(19)20/h1,3-9H,(H,17,18)(H,19,20). The molecule has 0 atom stereocenters. The lowest BCUT2D eigenvalue weighted by Gasteiger charge is -2.09. The number of carbonyl (C=O) groups is 2. The molecule has 0 aromatic heterocycles. The fourth-order valence-electron chi connectivity index (χ4n) is 1.66. The van der Waals surface area contributed by atoms with Crippen molar-refractivity contribution in [1.82, 2.24) is 0 Å². The van der Waals surface area contributed by atoms with E-state index in [1.807, 2.05) is 0 Å². The summed E-state index contributed by atoms with van der Waals surface area (Å²) in [5.74, 6) is 0.386. The number of carboxylic acid groups (broad SMARTS) is 2. The minimum Gasteiger partial charge on any atom is -0.478 e. The van der Waals surface area contributed by atoms with Gasteiger partial charge in [0.15, 0.2) is 0 Å². The fraction of sp³-hybridized carbons (Fsp3) is 0. The van der Waals surface area contributed by atoms with E-state index in [9.17, 15) is 9.59 Å². The molecular formula is C16H10O5. The lowest BCUT2D eigenvalue weighted by molar-refractivity contribution is 0.0678. The van der Waals surface area contributed by atoms with Gasteiger partial charge in [0.1, 0.15) is 17.1 Å². The van der Waals surface area contributed by atoms with Crippen molar-refractivity contribution < 1.29 is 24.5 Å². The highest BCUT2D eigenvalue weighted by Gasteiger charge is 2.15. The first kappa shape index (κ1) is 14.2. The van der Waals surface area contributed by atoms with Crippen LogP contribution < -0.4 is 4.74 Å². The predicted octanol–water partition coefficient (Wildman–Crippen LogP) is 2.86. The van der Waals surface area contributed by atoms with Gasteiger partial charge in [0, 0.05) is 5.56 Å². The Balaban J connectivity index is 2.40. The van der Waals surface area contributed by atoms with E-state index >= 15 is 0 Å². The van der Waals surface area contributed by atoms with Crippen molar-refractivity contribution in [3.63, 3.8) is 0 Å². The van der Waals surface area contributed by atoms with Gasteiger partial charge in [-0.05, 0) is 42.5 Å². The summed E-state index contributed by atoms with van der Waals surface area (Å²) in [5, 5.41) is 18.0. The summed E-state index contributed by atoms with van der Waals surface area (Å²) >= 11 is 0. The molecule has 0 heterocycles. The van der Waals surface area contributed by atoms with Gasteiger partial charge in [-0.2, -0.15) is 0 Å². The van der Waals surface area contributed by atoms with Crippen molar-refractivity contribution in [3.05, 3.63) is 59.2 Å². The van der Waals surface area contributed by atoms with Gasteiger partial charge in [-0.3, -0.25) is 0 Å². The summed E-state index contributed by atoms with van der Waals surface area (Å²) in [5.41, 5.74) is 0.469. The van der Waals surface area contributed by atoms with Gasteiger partial charge in [-0.15, -0.1) is 6.42 Å². The van der Waals surface area contributed by atoms with E-state index in [-0.39, 0.29) is 16.9 Å². The third-order valence-electron chi connectivity index (χ3n) is 2.71. The molecule has 0 bridgehead atoms. The molecule has 104 valence electrons. The van der Waals surface area contributed by atoms with E-state index < -0.39 is 11.9 Å². The molecule has 0 fully saturated rings. The van der Waals surface area contributed by atoms with Crippen molar-refractivity contribution in [2.75, 3.05) is 0 Å². The highest BCUT2D eigenvalue weighted by Crippen LogP contribution is 2.27. The van der Waals surface area contributed by atoms with E-state index in [2.05, 4.69) is 5.92 Å². The molecule has 5 heteroatoms. The summed E-state index contributed by atoms with van der Waals surface area (Å²) in [4.78, 5) is 22.1. The summed E-state index contributed by atoms with van der Waals surface area (Å²) < 4.78 is 5.45. The molecule has 0 unspecified atom stereocenters. The first-order valence-electron chi connectivity index (χ1n) is 5.86. The molecule has 0 saturated carbocycles. The van der Waals surface area contributed by atoms with Crippen molar-refractivity contribution in [2.45, 2.75) is 0 Å². The number of aromatic carboxylic acids is 2. The minimum atomic E-state index is -1.21. The number of terminal acetylenes is 1. The van der Waals surface area contributed by atoms with Crippen LogP contribution >= 0.6 is 0 Å². The van der Waals surface area contributed by atoms with E-state index in [0.717, 1.165) is 0 Å². The SMILES string of the molecule is C#Cc1ccc(Oc2cc(C(=O)O)ccc2C(=O)O)cc1. The Morgan fingerprint density at radius 2 is 1.67 bits per heavy atom. The maximum Gasteiger partial charge on any atom is 0.339 e. The van der Waals surface area contributed by atoms with E-state index in [4.69, 9.17) is 21.4 Å². The van der Waals surface area contributed by atoms with Gasteiger partial charge in [0.05, 0.1) is 5.56 Å². The lowest BCUT2D eigenvalue weighted by Crippen LogP contribution is -2.03. The van der Waals surface area contributed by atoms with Crippen LogP contribution in [0.2, 0.25) is 0 Å². The zero-order chi connectivity index (χ0) is 15.4. The normalized spacial score (nSPS) is 9.67. The number of ether oxygens (including phenoxy) is 1. The van der Waals surface area contributed by atoms with Crippen LogP contribution in [-0.2, 0) is 0 Å². The van der Waals surface area contributed by atoms with Gasteiger partial charge < -0.3 is 14.9 Å². The smallest absolute Gasteiger partial charge is 0.339 e. The summed E-state index contributed by atoms with van der Waals surface area (Å²) in [7, 11) is 0.